The Labute approximate surface area is 196 Å². The Morgan fingerprint density at radius 2 is 2.00 bits per heavy atom. The quantitative estimate of drug-likeness (QED) is 0.758. The maximum absolute atomic E-state index is 13.9. The average molecular weight is 452 g/mol. The van der Waals surface area contributed by atoms with E-state index < -0.39 is 0 Å². The molecule has 3 fully saturated rings. The van der Waals surface area contributed by atoms with Gasteiger partial charge in [-0.2, -0.15) is 0 Å². The van der Waals surface area contributed by atoms with Crippen LogP contribution in [0.4, 0.5) is 0 Å². The van der Waals surface area contributed by atoms with E-state index in [1.807, 2.05) is 12.1 Å². The third-order valence-corrected chi connectivity index (χ3v) is 9.37. The lowest BCUT2D eigenvalue weighted by molar-refractivity contribution is 0.0272. The van der Waals surface area contributed by atoms with Crippen LogP contribution in [0.2, 0.25) is 0 Å². The van der Waals surface area contributed by atoms with E-state index in [1.165, 1.54) is 19.3 Å². The summed E-state index contributed by atoms with van der Waals surface area (Å²) in [4.78, 5) is 16.4. The predicted molar refractivity (Wildman–Crippen MR) is 129 cm³/mol. The molecule has 1 amide bonds. The number of carbonyl (C=O) groups is 1. The lowest BCUT2D eigenvalue weighted by Gasteiger charge is -2.43. The molecule has 0 spiro atoms. The van der Waals surface area contributed by atoms with E-state index in [2.05, 4.69) is 48.5 Å². The highest BCUT2D eigenvalue weighted by molar-refractivity contribution is 6.10. The standard InChI is InChI=1S/C27H37N3O3/c1-17-22(24(31)28-25-26(2,3)18-8-9-27(25,4)14-18)20-6-5-7-21-23(20)30(17)19(16-33-21)15-29-10-12-32-13-11-29/h5-7,18-19,25H,8-16H2,1-4H3,(H,28,31)/t18?,19-,25?,27?/m0/s1. The first-order chi connectivity index (χ1) is 15.8. The van der Waals surface area contributed by atoms with Gasteiger partial charge in [0.25, 0.3) is 5.91 Å². The molecule has 6 rings (SSSR count). The Hall–Kier alpha value is -2.05. The Balaban J connectivity index is 1.36. The number of para-hydroxylation sites is 1. The van der Waals surface area contributed by atoms with Crippen molar-refractivity contribution in [3.8, 4) is 5.75 Å². The van der Waals surface area contributed by atoms with Gasteiger partial charge in [-0.05, 0) is 49.0 Å². The zero-order valence-corrected chi connectivity index (χ0v) is 20.4. The Morgan fingerprint density at radius 3 is 2.73 bits per heavy atom. The van der Waals surface area contributed by atoms with Gasteiger partial charge in [0.1, 0.15) is 12.4 Å². The molecule has 1 aromatic heterocycles. The Bertz CT molecular complexity index is 1090. The molecule has 2 aliphatic carbocycles. The molecular weight excluding hydrogens is 414 g/mol. The van der Waals surface area contributed by atoms with Crippen LogP contribution in [0.25, 0.3) is 10.9 Å². The van der Waals surface area contributed by atoms with Gasteiger partial charge in [-0.15, -0.1) is 0 Å². The van der Waals surface area contributed by atoms with Crippen molar-refractivity contribution in [2.24, 2.45) is 16.7 Å². The van der Waals surface area contributed by atoms with Crippen molar-refractivity contribution in [3.63, 3.8) is 0 Å². The molecule has 0 radical (unpaired) electrons. The molecule has 1 saturated heterocycles. The van der Waals surface area contributed by atoms with Gasteiger partial charge in [0.05, 0.1) is 30.3 Å². The van der Waals surface area contributed by atoms with E-state index in [4.69, 9.17) is 9.47 Å². The summed E-state index contributed by atoms with van der Waals surface area (Å²) in [6, 6.07) is 6.54. The fourth-order valence-corrected chi connectivity index (χ4v) is 7.66. The molecule has 6 heteroatoms. The number of rotatable bonds is 4. The van der Waals surface area contributed by atoms with Gasteiger partial charge in [-0.1, -0.05) is 32.9 Å². The number of ether oxygens (including phenoxy) is 2. The third-order valence-electron chi connectivity index (χ3n) is 9.37. The minimum atomic E-state index is 0.0762. The van der Waals surface area contributed by atoms with E-state index in [-0.39, 0.29) is 28.8 Å². The van der Waals surface area contributed by atoms with Gasteiger partial charge < -0.3 is 19.4 Å². The molecule has 33 heavy (non-hydrogen) atoms. The Kier molecular flexibility index (Phi) is 4.87. The fourth-order valence-electron chi connectivity index (χ4n) is 7.66. The van der Waals surface area contributed by atoms with E-state index >= 15 is 0 Å². The van der Waals surface area contributed by atoms with Crippen LogP contribution in [0.15, 0.2) is 18.2 Å². The van der Waals surface area contributed by atoms with Crippen molar-refractivity contribution >= 4 is 16.8 Å². The second-order valence-corrected chi connectivity index (χ2v) is 11.7. The highest BCUT2D eigenvalue weighted by atomic mass is 16.5. The summed E-state index contributed by atoms with van der Waals surface area (Å²) < 4.78 is 14.1. The van der Waals surface area contributed by atoms with Gasteiger partial charge >= 0.3 is 0 Å². The second-order valence-electron chi connectivity index (χ2n) is 11.7. The molecule has 178 valence electrons. The van der Waals surface area contributed by atoms with Crippen LogP contribution in [0, 0.1) is 23.7 Å². The SMILES string of the molecule is Cc1c(C(=O)NC2C3(C)CCC(C3)C2(C)C)c2cccc3c2n1[C@@H](CN1CCOCC1)CO3. The summed E-state index contributed by atoms with van der Waals surface area (Å²) in [5.74, 6) is 1.67. The van der Waals surface area contributed by atoms with Gasteiger partial charge in [-0.3, -0.25) is 9.69 Å². The molecule has 4 aliphatic rings. The summed E-state index contributed by atoms with van der Waals surface area (Å²) in [5, 5.41) is 4.56. The van der Waals surface area contributed by atoms with Gasteiger partial charge in [0.2, 0.25) is 0 Å². The van der Waals surface area contributed by atoms with Crippen LogP contribution in [0.5, 0.6) is 5.75 Å². The highest BCUT2D eigenvalue weighted by Crippen LogP contribution is 2.62. The predicted octanol–water partition coefficient (Wildman–Crippen LogP) is 4.16. The van der Waals surface area contributed by atoms with E-state index in [1.54, 1.807) is 0 Å². The maximum Gasteiger partial charge on any atom is 0.253 e. The summed E-state index contributed by atoms with van der Waals surface area (Å²) in [6.07, 6.45) is 3.73. The number of nitrogens with zero attached hydrogens (tertiary/aromatic N) is 2. The van der Waals surface area contributed by atoms with Crippen molar-refractivity contribution < 1.29 is 14.3 Å². The van der Waals surface area contributed by atoms with Gasteiger partial charge in [-0.25, -0.2) is 0 Å². The minimum absolute atomic E-state index is 0.0762. The van der Waals surface area contributed by atoms with Gasteiger partial charge in [0.15, 0.2) is 0 Å². The van der Waals surface area contributed by atoms with E-state index in [9.17, 15) is 4.79 Å². The molecule has 2 aliphatic heterocycles. The zero-order valence-electron chi connectivity index (χ0n) is 20.4. The van der Waals surface area contributed by atoms with E-state index in [0.717, 1.165) is 60.8 Å². The smallest absolute Gasteiger partial charge is 0.253 e. The summed E-state index contributed by atoms with van der Waals surface area (Å²) in [7, 11) is 0. The van der Waals surface area contributed by atoms with Crippen LogP contribution >= 0.6 is 0 Å². The van der Waals surface area contributed by atoms with Crippen LogP contribution < -0.4 is 10.1 Å². The van der Waals surface area contributed by atoms with Crippen molar-refractivity contribution in [3.05, 3.63) is 29.5 Å². The fraction of sp³-hybridized carbons (Fsp3) is 0.667. The Morgan fingerprint density at radius 1 is 1.21 bits per heavy atom. The second kappa shape index (κ2) is 7.47. The third kappa shape index (κ3) is 3.17. The number of aromatic nitrogens is 1. The summed E-state index contributed by atoms with van der Waals surface area (Å²) >= 11 is 0. The molecule has 2 aromatic rings. The number of hydrogen-bond acceptors (Lipinski definition) is 4. The molecule has 2 bridgehead atoms. The first-order valence-corrected chi connectivity index (χ1v) is 12.7. The molecule has 2 saturated carbocycles. The average Bonchev–Trinajstić information content (AvgIpc) is 3.39. The molecule has 4 atom stereocenters. The zero-order chi connectivity index (χ0) is 23.0. The van der Waals surface area contributed by atoms with Crippen molar-refractivity contribution in [1.29, 1.82) is 0 Å². The van der Waals surface area contributed by atoms with Crippen LogP contribution in [0.1, 0.15) is 62.1 Å². The number of benzene rings is 1. The van der Waals surface area contributed by atoms with Crippen molar-refractivity contribution in [2.45, 2.75) is 59.0 Å². The molecule has 6 nitrogen and oxygen atoms in total. The lowest BCUT2D eigenvalue weighted by atomic mass is 9.68. The van der Waals surface area contributed by atoms with Gasteiger partial charge in [0, 0.05) is 36.8 Å². The first kappa shape index (κ1) is 21.5. The van der Waals surface area contributed by atoms with Crippen LogP contribution in [-0.2, 0) is 4.74 Å². The van der Waals surface area contributed by atoms with Crippen molar-refractivity contribution in [2.75, 3.05) is 39.5 Å². The molecule has 1 N–H and O–H groups in total. The van der Waals surface area contributed by atoms with E-state index in [0.29, 0.717) is 12.5 Å². The molecule has 3 heterocycles. The summed E-state index contributed by atoms with van der Waals surface area (Å²) in [5.41, 5.74) is 3.30. The number of morpholine rings is 1. The number of amides is 1. The molecule has 3 unspecified atom stereocenters. The number of hydrogen-bond donors (Lipinski definition) is 1. The number of carbonyl (C=O) groups excluding carboxylic acids is 1. The monoisotopic (exact) mass is 451 g/mol. The number of fused-ring (bicyclic) bond motifs is 2. The topological polar surface area (TPSA) is 55.7 Å². The molecule has 1 aromatic carbocycles. The minimum Gasteiger partial charge on any atom is -0.489 e. The molecular formula is C27H37N3O3. The van der Waals surface area contributed by atoms with Crippen LogP contribution in [-0.4, -0.2) is 60.9 Å². The number of nitrogens with one attached hydrogen (secondary N) is 1. The lowest BCUT2D eigenvalue weighted by Crippen LogP contribution is -2.52. The normalized spacial score (nSPS) is 32.8. The largest absolute Gasteiger partial charge is 0.489 e. The highest BCUT2D eigenvalue weighted by Gasteiger charge is 2.59. The van der Waals surface area contributed by atoms with Crippen molar-refractivity contribution in [1.82, 2.24) is 14.8 Å². The maximum atomic E-state index is 13.9. The summed E-state index contributed by atoms with van der Waals surface area (Å²) in [6.45, 7) is 14.2. The first-order valence-electron chi connectivity index (χ1n) is 12.7. The van der Waals surface area contributed by atoms with Crippen LogP contribution in [0.3, 0.4) is 0 Å².